The molecular formula is C34H40N4O2. The molecule has 1 aromatic heterocycles. The minimum Gasteiger partial charge on any atom is -0.378 e. The molecule has 1 fully saturated rings. The molecule has 1 N–H and O–H groups in total. The van der Waals surface area contributed by atoms with E-state index in [2.05, 4.69) is 58.4 Å². The molecule has 0 spiro atoms. The van der Waals surface area contributed by atoms with Gasteiger partial charge in [0.1, 0.15) is 0 Å². The Balaban J connectivity index is 1.33. The average molecular weight is 537 g/mol. The van der Waals surface area contributed by atoms with Gasteiger partial charge in [-0.15, -0.1) is 0 Å². The Morgan fingerprint density at radius 1 is 0.800 bits per heavy atom. The van der Waals surface area contributed by atoms with Crippen LogP contribution in [0, 0.1) is 5.92 Å². The summed E-state index contributed by atoms with van der Waals surface area (Å²) in [6.45, 7) is 1.77. The molecule has 6 heteroatoms. The number of fused-ring (bicyclic) bond motifs is 1. The summed E-state index contributed by atoms with van der Waals surface area (Å²) in [5.74, 6) is 0.182. The molecule has 0 aliphatic heterocycles. The topological polar surface area (TPSA) is 59.7 Å². The number of anilines is 1. The molecule has 1 heterocycles. The molecule has 0 bridgehead atoms. The number of benzene rings is 3. The summed E-state index contributed by atoms with van der Waals surface area (Å²) in [4.78, 5) is 36.5. The van der Waals surface area contributed by atoms with Gasteiger partial charge in [0.25, 0.3) is 0 Å². The van der Waals surface area contributed by atoms with Crippen molar-refractivity contribution < 1.29 is 9.59 Å². The van der Waals surface area contributed by atoms with E-state index in [4.69, 9.17) is 0 Å². The Hall–Kier alpha value is -4.06. The van der Waals surface area contributed by atoms with Crippen molar-refractivity contribution in [1.29, 1.82) is 0 Å². The minimum absolute atomic E-state index is 0.00253. The van der Waals surface area contributed by atoms with Crippen LogP contribution in [0.2, 0.25) is 0 Å². The van der Waals surface area contributed by atoms with Crippen LogP contribution in [0.15, 0.2) is 85.1 Å². The zero-order valence-electron chi connectivity index (χ0n) is 23.7. The third kappa shape index (κ3) is 6.74. The van der Waals surface area contributed by atoms with E-state index < -0.39 is 0 Å². The summed E-state index contributed by atoms with van der Waals surface area (Å²) in [6, 6.07) is 26.8. The highest BCUT2D eigenvalue weighted by Crippen LogP contribution is 2.28. The van der Waals surface area contributed by atoms with Crippen LogP contribution in [-0.2, 0) is 29.0 Å². The molecule has 1 saturated carbocycles. The first kappa shape index (κ1) is 27.5. The second-order valence-corrected chi connectivity index (χ2v) is 11.1. The van der Waals surface area contributed by atoms with Crippen LogP contribution < -0.4 is 4.90 Å². The highest BCUT2D eigenvalue weighted by atomic mass is 16.2. The number of aromatic amines is 1. The molecule has 208 valence electrons. The van der Waals surface area contributed by atoms with E-state index in [1.807, 2.05) is 60.4 Å². The standard InChI is InChI=1S/C34H40N4O2/c1-36(2)30-17-15-27(16-18-30)24-37(22-20-29-23-35-32-14-7-6-13-31(29)32)33(39)25-38(34(40)28-11-8-12-28)21-19-26-9-4-3-5-10-26/h3-7,9-10,13-18,23,28,35H,8,11-12,19-22,24-25H2,1-2H3. The summed E-state index contributed by atoms with van der Waals surface area (Å²) >= 11 is 0. The number of carbonyl (C=O) groups excluding carboxylic acids is 2. The predicted octanol–water partition coefficient (Wildman–Crippen LogP) is 5.68. The number of aromatic nitrogens is 1. The molecule has 0 atom stereocenters. The van der Waals surface area contributed by atoms with Gasteiger partial charge in [0.2, 0.25) is 11.8 Å². The number of nitrogens with zero attached hydrogens (tertiary/aromatic N) is 3. The van der Waals surface area contributed by atoms with Crippen molar-refractivity contribution >= 4 is 28.4 Å². The fraction of sp³-hybridized carbons (Fsp3) is 0.353. The monoisotopic (exact) mass is 536 g/mol. The molecule has 0 radical (unpaired) electrons. The van der Waals surface area contributed by atoms with Crippen LogP contribution in [0.5, 0.6) is 0 Å². The molecule has 6 nitrogen and oxygen atoms in total. The molecule has 40 heavy (non-hydrogen) atoms. The Morgan fingerprint density at radius 3 is 2.20 bits per heavy atom. The maximum absolute atomic E-state index is 13.9. The van der Waals surface area contributed by atoms with Crippen LogP contribution in [-0.4, -0.2) is 60.3 Å². The molecule has 3 aromatic carbocycles. The average Bonchev–Trinajstić information content (AvgIpc) is 3.36. The van der Waals surface area contributed by atoms with Gasteiger partial charge in [0, 0.05) is 62.4 Å². The van der Waals surface area contributed by atoms with Gasteiger partial charge in [0.15, 0.2) is 0 Å². The third-order valence-electron chi connectivity index (χ3n) is 8.11. The Bertz CT molecular complexity index is 1410. The fourth-order valence-electron chi connectivity index (χ4n) is 5.36. The van der Waals surface area contributed by atoms with Gasteiger partial charge < -0.3 is 19.7 Å². The maximum atomic E-state index is 13.9. The summed E-state index contributed by atoms with van der Waals surface area (Å²) in [5, 5.41) is 1.19. The molecule has 0 unspecified atom stereocenters. The van der Waals surface area contributed by atoms with Gasteiger partial charge in [-0.2, -0.15) is 0 Å². The second-order valence-electron chi connectivity index (χ2n) is 11.1. The number of carbonyl (C=O) groups is 2. The molecule has 1 aliphatic rings. The zero-order valence-corrected chi connectivity index (χ0v) is 23.7. The Kier molecular flexibility index (Phi) is 8.84. The second kappa shape index (κ2) is 12.9. The van der Waals surface area contributed by atoms with Crippen LogP contribution in [0.3, 0.4) is 0 Å². The quantitative estimate of drug-likeness (QED) is 0.254. The molecule has 1 aliphatic carbocycles. The lowest BCUT2D eigenvalue weighted by molar-refractivity contribution is -0.145. The number of H-pyrrole nitrogens is 1. The molecule has 4 aromatic rings. The van der Waals surface area contributed by atoms with Crippen molar-refractivity contribution in [3.05, 3.63) is 102 Å². The number of para-hydroxylation sites is 1. The van der Waals surface area contributed by atoms with Crippen molar-refractivity contribution in [2.75, 3.05) is 38.6 Å². The third-order valence-corrected chi connectivity index (χ3v) is 8.11. The normalized spacial score (nSPS) is 13.2. The van der Waals surface area contributed by atoms with E-state index in [1.54, 1.807) is 0 Å². The Morgan fingerprint density at radius 2 is 1.50 bits per heavy atom. The van der Waals surface area contributed by atoms with Crippen LogP contribution in [0.4, 0.5) is 5.69 Å². The van der Waals surface area contributed by atoms with E-state index in [-0.39, 0.29) is 24.3 Å². The summed E-state index contributed by atoms with van der Waals surface area (Å²) in [6.07, 6.45) is 6.48. The van der Waals surface area contributed by atoms with E-state index in [0.717, 1.165) is 48.9 Å². The number of hydrogen-bond acceptors (Lipinski definition) is 3. The minimum atomic E-state index is -0.00253. The van der Waals surface area contributed by atoms with Crippen LogP contribution >= 0.6 is 0 Å². The van der Waals surface area contributed by atoms with E-state index in [0.29, 0.717) is 19.6 Å². The van der Waals surface area contributed by atoms with Crippen molar-refractivity contribution in [3.63, 3.8) is 0 Å². The number of hydrogen-bond donors (Lipinski definition) is 1. The smallest absolute Gasteiger partial charge is 0.242 e. The van der Waals surface area contributed by atoms with Gasteiger partial charge in [-0.3, -0.25) is 9.59 Å². The lowest BCUT2D eigenvalue weighted by Gasteiger charge is -2.33. The van der Waals surface area contributed by atoms with Crippen molar-refractivity contribution in [3.8, 4) is 0 Å². The number of nitrogens with one attached hydrogen (secondary N) is 1. The zero-order chi connectivity index (χ0) is 27.9. The SMILES string of the molecule is CN(C)c1ccc(CN(CCc2c[nH]c3ccccc23)C(=O)CN(CCc2ccccc2)C(=O)C2CCC2)cc1. The van der Waals surface area contributed by atoms with Crippen LogP contribution in [0.25, 0.3) is 10.9 Å². The highest BCUT2D eigenvalue weighted by molar-refractivity contribution is 5.87. The first-order chi connectivity index (χ1) is 19.5. The molecule has 5 rings (SSSR count). The lowest BCUT2D eigenvalue weighted by atomic mass is 9.84. The van der Waals surface area contributed by atoms with Crippen molar-refractivity contribution in [2.24, 2.45) is 5.92 Å². The Labute approximate surface area is 237 Å². The van der Waals surface area contributed by atoms with E-state index >= 15 is 0 Å². The first-order valence-electron chi connectivity index (χ1n) is 14.4. The van der Waals surface area contributed by atoms with Gasteiger partial charge >= 0.3 is 0 Å². The maximum Gasteiger partial charge on any atom is 0.242 e. The highest BCUT2D eigenvalue weighted by Gasteiger charge is 2.31. The van der Waals surface area contributed by atoms with Crippen molar-refractivity contribution in [2.45, 2.75) is 38.6 Å². The first-order valence-corrected chi connectivity index (χ1v) is 14.4. The van der Waals surface area contributed by atoms with Crippen LogP contribution in [0.1, 0.15) is 36.0 Å². The summed E-state index contributed by atoms with van der Waals surface area (Å²) < 4.78 is 0. The summed E-state index contributed by atoms with van der Waals surface area (Å²) in [7, 11) is 4.05. The number of amides is 2. The largest absolute Gasteiger partial charge is 0.378 e. The predicted molar refractivity (Wildman–Crippen MR) is 162 cm³/mol. The van der Waals surface area contributed by atoms with E-state index in [9.17, 15) is 9.59 Å². The molecule has 0 saturated heterocycles. The van der Waals surface area contributed by atoms with Gasteiger partial charge in [-0.25, -0.2) is 0 Å². The van der Waals surface area contributed by atoms with Crippen molar-refractivity contribution in [1.82, 2.24) is 14.8 Å². The lowest BCUT2D eigenvalue weighted by Crippen LogP contribution is -2.47. The molecule has 2 amide bonds. The fourth-order valence-corrected chi connectivity index (χ4v) is 5.36. The van der Waals surface area contributed by atoms with E-state index in [1.165, 1.54) is 16.5 Å². The number of rotatable bonds is 12. The van der Waals surface area contributed by atoms with Gasteiger partial charge in [-0.1, -0.05) is 67.1 Å². The van der Waals surface area contributed by atoms with Gasteiger partial charge in [-0.05, 0) is 60.6 Å². The summed E-state index contributed by atoms with van der Waals surface area (Å²) in [5.41, 5.74) is 5.69. The molecular weight excluding hydrogens is 496 g/mol. The van der Waals surface area contributed by atoms with Gasteiger partial charge in [0.05, 0.1) is 6.54 Å².